The molecule has 134 valence electrons. The fourth-order valence-corrected chi connectivity index (χ4v) is 3.44. The van der Waals surface area contributed by atoms with Crippen molar-refractivity contribution < 1.29 is 14.7 Å². The standard InChI is InChI=1S/C15H20N6O3S/c22-13-5-10(14(23)17-3-4-21-8-16-7-19-21)1-2-11(13)20-15(24)12-6-25-9-18-12/h6-11,13,22H,1-5H2,(H,17,23)(H,20,24)/t10-,11+,13+/m0/s1. The summed E-state index contributed by atoms with van der Waals surface area (Å²) < 4.78 is 1.64. The lowest BCUT2D eigenvalue weighted by atomic mass is 9.83. The van der Waals surface area contributed by atoms with Crippen LogP contribution in [0.4, 0.5) is 0 Å². The highest BCUT2D eigenvalue weighted by atomic mass is 32.1. The van der Waals surface area contributed by atoms with Crippen molar-refractivity contribution in [2.75, 3.05) is 6.54 Å². The Kier molecular flexibility index (Phi) is 5.71. The zero-order chi connectivity index (χ0) is 17.6. The van der Waals surface area contributed by atoms with Crippen LogP contribution in [0.15, 0.2) is 23.5 Å². The predicted octanol–water partition coefficient (Wildman–Crippen LogP) is -0.190. The van der Waals surface area contributed by atoms with Crippen molar-refractivity contribution in [3.63, 3.8) is 0 Å². The second-order valence-electron chi connectivity index (χ2n) is 5.98. The fraction of sp³-hybridized carbons (Fsp3) is 0.533. The zero-order valence-electron chi connectivity index (χ0n) is 13.5. The molecule has 2 aromatic heterocycles. The number of aliphatic hydroxyl groups is 1. The molecule has 1 aliphatic carbocycles. The van der Waals surface area contributed by atoms with E-state index in [0.717, 1.165) is 0 Å². The van der Waals surface area contributed by atoms with Crippen molar-refractivity contribution in [2.24, 2.45) is 5.92 Å². The van der Waals surface area contributed by atoms with Crippen LogP contribution < -0.4 is 10.6 Å². The molecule has 0 bridgehead atoms. The summed E-state index contributed by atoms with van der Waals surface area (Å²) in [7, 11) is 0. The summed E-state index contributed by atoms with van der Waals surface area (Å²) >= 11 is 1.34. The van der Waals surface area contributed by atoms with Crippen LogP contribution in [0.2, 0.25) is 0 Å². The summed E-state index contributed by atoms with van der Waals surface area (Å²) in [6, 6.07) is -0.353. The second-order valence-corrected chi connectivity index (χ2v) is 6.70. The summed E-state index contributed by atoms with van der Waals surface area (Å²) in [5.41, 5.74) is 1.94. The maximum atomic E-state index is 12.2. The maximum absolute atomic E-state index is 12.2. The number of thiazole rings is 1. The Balaban J connectivity index is 1.42. The van der Waals surface area contributed by atoms with Crippen molar-refractivity contribution in [1.29, 1.82) is 0 Å². The van der Waals surface area contributed by atoms with E-state index in [0.29, 0.717) is 38.0 Å². The number of amides is 2. The van der Waals surface area contributed by atoms with E-state index < -0.39 is 6.10 Å². The van der Waals surface area contributed by atoms with Gasteiger partial charge in [0.2, 0.25) is 5.91 Å². The molecule has 3 rings (SSSR count). The van der Waals surface area contributed by atoms with Crippen molar-refractivity contribution >= 4 is 23.2 Å². The van der Waals surface area contributed by atoms with Crippen LogP contribution in [-0.2, 0) is 11.3 Å². The topological polar surface area (TPSA) is 122 Å². The van der Waals surface area contributed by atoms with E-state index in [9.17, 15) is 14.7 Å². The molecule has 10 heteroatoms. The molecule has 0 aromatic carbocycles. The molecule has 3 atom stereocenters. The van der Waals surface area contributed by atoms with Gasteiger partial charge in [0.1, 0.15) is 18.3 Å². The molecule has 1 fully saturated rings. The Hall–Kier alpha value is -2.33. The first-order valence-corrected chi connectivity index (χ1v) is 9.05. The van der Waals surface area contributed by atoms with Gasteiger partial charge in [-0.15, -0.1) is 11.3 Å². The van der Waals surface area contributed by atoms with Gasteiger partial charge in [0.15, 0.2) is 0 Å². The first-order chi connectivity index (χ1) is 12.1. The fourth-order valence-electron chi connectivity index (χ4n) is 2.91. The van der Waals surface area contributed by atoms with Gasteiger partial charge in [-0.1, -0.05) is 0 Å². The highest BCUT2D eigenvalue weighted by Gasteiger charge is 2.33. The van der Waals surface area contributed by atoms with E-state index in [1.807, 2.05) is 0 Å². The van der Waals surface area contributed by atoms with Crippen LogP contribution >= 0.6 is 11.3 Å². The largest absolute Gasteiger partial charge is 0.391 e. The van der Waals surface area contributed by atoms with Gasteiger partial charge in [-0.3, -0.25) is 14.3 Å². The van der Waals surface area contributed by atoms with Gasteiger partial charge in [-0.25, -0.2) is 9.97 Å². The summed E-state index contributed by atoms with van der Waals surface area (Å²) in [5, 5.41) is 21.6. The van der Waals surface area contributed by atoms with Crippen LogP contribution in [0.25, 0.3) is 0 Å². The molecule has 0 spiro atoms. The summed E-state index contributed by atoms with van der Waals surface area (Å²) in [6.45, 7) is 1.01. The average molecular weight is 364 g/mol. The Bertz CT molecular complexity index is 690. The molecule has 2 amide bonds. The van der Waals surface area contributed by atoms with Crippen molar-refractivity contribution in [1.82, 2.24) is 30.4 Å². The second kappa shape index (κ2) is 8.17. The minimum absolute atomic E-state index is 0.0801. The predicted molar refractivity (Wildman–Crippen MR) is 89.7 cm³/mol. The Morgan fingerprint density at radius 1 is 1.40 bits per heavy atom. The third-order valence-corrected chi connectivity index (χ3v) is 4.86. The van der Waals surface area contributed by atoms with Crippen LogP contribution in [-0.4, -0.2) is 55.4 Å². The van der Waals surface area contributed by atoms with Gasteiger partial charge in [-0.05, 0) is 19.3 Å². The molecule has 3 N–H and O–H groups in total. The SMILES string of the molecule is O=C(N[C@@H]1CC[C@H](C(=O)NCCn2cncn2)C[C@H]1O)c1cscn1. The number of aromatic nitrogens is 4. The van der Waals surface area contributed by atoms with E-state index in [2.05, 4.69) is 25.7 Å². The van der Waals surface area contributed by atoms with Gasteiger partial charge in [0.25, 0.3) is 5.91 Å². The van der Waals surface area contributed by atoms with E-state index in [1.165, 1.54) is 17.7 Å². The first-order valence-electron chi connectivity index (χ1n) is 8.10. The number of carbonyl (C=O) groups is 2. The molecule has 1 aliphatic rings. The van der Waals surface area contributed by atoms with Crippen molar-refractivity contribution in [2.45, 2.75) is 38.0 Å². The van der Waals surface area contributed by atoms with Gasteiger partial charge in [0.05, 0.1) is 24.2 Å². The smallest absolute Gasteiger partial charge is 0.271 e. The van der Waals surface area contributed by atoms with Crippen molar-refractivity contribution in [3.05, 3.63) is 29.2 Å². The minimum atomic E-state index is -0.748. The highest BCUT2D eigenvalue weighted by Crippen LogP contribution is 2.25. The monoisotopic (exact) mass is 364 g/mol. The van der Waals surface area contributed by atoms with Gasteiger partial charge >= 0.3 is 0 Å². The molecule has 2 heterocycles. The number of rotatable bonds is 6. The van der Waals surface area contributed by atoms with E-state index >= 15 is 0 Å². The van der Waals surface area contributed by atoms with Crippen LogP contribution in [0.1, 0.15) is 29.8 Å². The third-order valence-electron chi connectivity index (χ3n) is 4.28. The minimum Gasteiger partial charge on any atom is -0.391 e. The molecule has 0 saturated heterocycles. The Morgan fingerprint density at radius 3 is 2.96 bits per heavy atom. The normalized spacial score (nSPS) is 23.2. The van der Waals surface area contributed by atoms with Crippen molar-refractivity contribution in [3.8, 4) is 0 Å². The number of aliphatic hydroxyl groups excluding tert-OH is 1. The quantitative estimate of drug-likeness (QED) is 0.653. The molecule has 0 unspecified atom stereocenters. The molecule has 0 radical (unpaired) electrons. The average Bonchev–Trinajstić information content (AvgIpc) is 3.29. The van der Waals surface area contributed by atoms with Crippen LogP contribution in [0, 0.1) is 5.92 Å². The van der Waals surface area contributed by atoms with E-state index in [1.54, 1.807) is 21.9 Å². The molecule has 9 nitrogen and oxygen atoms in total. The summed E-state index contributed by atoms with van der Waals surface area (Å²) in [6.07, 6.45) is 3.79. The van der Waals surface area contributed by atoms with Crippen LogP contribution in [0.3, 0.4) is 0 Å². The highest BCUT2D eigenvalue weighted by molar-refractivity contribution is 7.07. The molecule has 1 saturated carbocycles. The summed E-state index contributed by atoms with van der Waals surface area (Å²) in [5.74, 6) is -0.623. The Morgan fingerprint density at radius 2 is 2.28 bits per heavy atom. The Labute approximate surface area is 148 Å². The van der Waals surface area contributed by atoms with Gasteiger partial charge < -0.3 is 15.7 Å². The maximum Gasteiger partial charge on any atom is 0.271 e. The molecule has 2 aromatic rings. The van der Waals surface area contributed by atoms with Crippen LogP contribution in [0.5, 0.6) is 0 Å². The summed E-state index contributed by atoms with van der Waals surface area (Å²) in [4.78, 5) is 32.0. The van der Waals surface area contributed by atoms with Gasteiger partial charge in [-0.2, -0.15) is 5.10 Å². The lowest BCUT2D eigenvalue weighted by Gasteiger charge is -2.32. The van der Waals surface area contributed by atoms with E-state index in [-0.39, 0.29) is 23.8 Å². The number of carbonyl (C=O) groups excluding carboxylic acids is 2. The lowest BCUT2D eigenvalue weighted by molar-refractivity contribution is -0.127. The zero-order valence-corrected chi connectivity index (χ0v) is 14.4. The number of hydrogen-bond acceptors (Lipinski definition) is 7. The number of hydrogen-bond donors (Lipinski definition) is 3. The molecular weight excluding hydrogens is 344 g/mol. The molecule has 0 aliphatic heterocycles. The van der Waals surface area contributed by atoms with E-state index in [4.69, 9.17) is 0 Å². The lowest BCUT2D eigenvalue weighted by Crippen LogP contribution is -2.49. The molecule has 25 heavy (non-hydrogen) atoms. The number of nitrogens with zero attached hydrogens (tertiary/aromatic N) is 4. The third kappa shape index (κ3) is 4.60. The first kappa shape index (κ1) is 17.5. The van der Waals surface area contributed by atoms with Gasteiger partial charge in [0, 0.05) is 17.8 Å². The number of nitrogens with one attached hydrogen (secondary N) is 2. The molecular formula is C15H20N6O3S.